The molecule has 0 aliphatic carbocycles. The summed E-state index contributed by atoms with van der Waals surface area (Å²) in [6.45, 7) is 15.9. The van der Waals surface area contributed by atoms with Crippen molar-refractivity contribution in [3.63, 3.8) is 0 Å². The van der Waals surface area contributed by atoms with Crippen molar-refractivity contribution < 1.29 is 59.2 Å². The third-order valence-corrected chi connectivity index (χ3v) is 6.74. The number of benzene rings is 1. The predicted molar refractivity (Wildman–Crippen MR) is 195 cm³/mol. The Hall–Kier alpha value is -1.57. The highest BCUT2D eigenvalue weighted by Crippen LogP contribution is 2.49. The molecule has 0 saturated heterocycles. The first kappa shape index (κ1) is 70.7. The Morgan fingerprint density at radius 3 is 1.43 bits per heavy atom. The molecule has 16 heteroatoms. The van der Waals surface area contributed by atoms with Gasteiger partial charge < -0.3 is 23.8 Å². The molecule has 0 saturated carbocycles. The molecule has 1 aromatic carbocycles. The van der Waals surface area contributed by atoms with Gasteiger partial charge in [-0.3, -0.25) is 13.5 Å². The Morgan fingerprint density at radius 1 is 0.957 bits per heavy atom. The number of rotatable bonds is 10. The number of allylic oxidation sites excluding steroid dienone is 1. The van der Waals surface area contributed by atoms with E-state index in [1.807, 2.05) is 26.8 Å². The summed E-state index contributed by atoms with van der Waals surface area (Å²) in [5.74, 6) is 0. The number of carbonyl (C=O) groups excluding carboxylic acids is 1. The Morgan fingerprint density at radius 2 is 1.30 bits per heavy atom. The average molecular weight is 734 g/mol. The first-order valence-electron chi connectivity index (χ1n) is 12.3. The van der Waals surface area contributed by atoms with Crippen molar-refractivity contribution in [3.8, 4) is 0 Å². The van der Waals surface area contributed by atoms with E-state index in [9.17, 15) is 17.5 Å². The Bertz CT molecular complexity index is 856. The summed E-state index contributed by atoms with van der Waals surface area (Å²) in [6.07, 6.45) is 4.46. The van der Waals surface area contributed by atoms with Gasteiger partial charge in [-0.2, -0.15) is 8.42 Å². The van der Waals surface area contributed by atoms with E-state index in [1.165, 1.54) is 19.2 Å². The topological polar surface area (TPSA) is 170 Å². The summed E-state index contributed by atoms with van der Waals surface area (Å²) in [4.78, 5) is 17.6. The molecular weight excluding hydrogens is 662 g/mol. The van der Waals surface area contributed by atoms with Gasteiger partial charge in [0.25, 0.3) is 16.6 Å². The third-order valence-electron chi connectivity index (χ3n) is 3.24. The van der Waals surface area contributed by atoms with E-state index in [4.69, 9.17) is 19.2 Å². The fourth-order valence-electron chi connectivity index (χ4n) is 1.18. The van der Waals surface area contributed by atoms with E-state index in [2.05, 4.69) is 42.9 Å². The van der Waals surface area contributed by atoms with Crippen LogP contribution in [-0.4, -0.2) is 88.9 Å². The van der Waals surface area contributed by atoms with Crippen LogP contribution in [0, 0.1) is 6.92 Å². The molecule has 284 valence electrons. The number of methoxy groups -OCH3 is 4. The normalized spacial score (nSPS) is 10.0. The molecule has 0 heterocycles. The fraction of sp³-hybridized carbons (Fsp3) is 0.700. The van der Waals surface area contributed by atoms with E-state index in [0.29, 0.717) is 12.6 Å². The summed E-state index contributed by atoms with van der Waals surface area (Å²) >= 11 is 0. The number of ether oxygens (including phenoxy) is 4. The fourth-order valence-corrected chi connectivity index (χ4v) is 3.27. The molecule has 0 radical (unpaired) electrons. The minimum atomic E-state index is -4.01. The maximum Gasteiger partial charge on any atom is 0.515 e. The van der Waals surface area contributed by atoms with Crippen LogP contribution in [0.15, 0.2) is 41.8 Å². The first-order chi connectivity index (χ1) is 19.5. The number of phosphoric ester groups is 1. The number of aryl methyl sites for hydroxylation is 1. The van der Waals surface area contributed by atoms with E-state index < -0.39 is 26.0 Å². The largest absolute Gasteiger partial charge is 0.515 e. The van der Waals surface area contributed by atoms with Crippen molar-refractivity contribution in [1.29, 1.82) is 0 Å². The molecule has 0 fully saturated rings. The van der Waals surface area contributed by atoms with Crippen molar-refractivity contribution in [1.82, 2.24) is 0 Å². The Kier molecular flexibility index (Phi) is 81.4. The maximum absolute atomic E-state index is 11.1. The molecule has 0 spiro atoms. The van der Waals surface area contributed by atoms with Crippen molar-refractivity contribution in [2.24, 2.45) is 0 Å². The smallest absolute Gasteiger partial charge is 0.471 e. The number of hydrogen-bond donors (Lipinski definition) is 1. The second kappa shape index (κ2) is 52.9. The highest BCUT2D eigenvalue weighted by molar-refractivity contribution is 7.86. The van der Waals surface area contributed by atoms with Crippen LogP contribution in [0.25, 0.3) is 0 Å². The first-order valence-corrected chi connectivity index (χ1v) is 16.9. The second-order valence-electron chi connectivity index (χ2n) is 7.32. The van der Waals surface area contributed by atoms with Gasteiger partial charge in [-0.15, -0.1) is 6.58 Å². The minimum absolute atomic E-state index is 0. The standard InChI is InChI=1S/C8H10O3S.2C4H10O.C4H8.C2H6O5P2.C2H4O2.C2H6O.4CH4/c1-7-3-5-8(6-4-7)12(9,10)11-2;1-4(2)5-3;1-3-4-5-2;1-3-4-2;1-6-9(4,5)7-8(2)3;1-4-2-3;1-3-2;;;;/h3-6H,1-2H3;4H,1-3H3;3-4H2,1-2H3;3H,1,4H2,2H3;1-2H3;2H,1H3;1-2H3;4*1H4/p+1. The van der Waals surface area contributed by atoms with Crippen molar-refractivity contribution in [2.45, 2.75) is 88.2 Å². The molecule has 0 bridgehead atoms. The van der Waals surface area contributed by atoms with Crippen LogP contribution in [0.2, 0.25) is 0 Å². The summed E-state index contributed by atoms with van der Waals surface area (Å²) < 4.78 is 72.5. The Labute approximate surface area is 284 Å². The molecule has 1 N–H and O–H groups in total. The molecule has 0 amide bonds. The summed E-state index contributed by atoms with van der Waals surface area (Å²) in [5, 5.41) is 0. The summed E-state index contributed by atoms with van der Waals surface area (Å²) in [5.41, 5.74) is 1.02. The quantitative estimate of drug-likeness (QED) is 0.105. The highest BCUT2D eigenvalue weighted by Gasteiger charge is 2.29. The third kappa shape index (κ3) is 73.7. The summed E-state index contributed by atoms with van der Waals surface area (Å²) in [7, 11) is 0.510. The zero-order chi connectivity index (χ0) is 34.6. The van der Waals surface area contributed by atoms with Crippen LogP contribution in [-0.2, 0) is 56.0 Å². The molecule has 0 aromatic heterocycles. The lowest BCUT2D eigenvalue weighted by molar-refractivity contribution is -0.126. The van der Waals surface area contributed by atoms with Gasteiger partial charge in [-0.25, -0.2) is 4.57 Å². The molecule has 0 aliphatic heterocycles. The zero-order valence-electron chi connectivity index (χ0n) is 27.5. The molecular formula is C30H71O13P2S+. The molecule has 0 aliphatic rings. The van der Waals surface area contributed by atoms with Crippen LogP contribution in [0.5, 0.6) is 0 Å². The molecule has 13 nitrogen and oxygen atoms in total. The van der Waals surface area contributed by atoms with Crippen LogP contribution in [0.3, 0.4) is 0 Å². The van der Waals surface area contributed by atoms with Crippen LogP contribution in [0.4, 0.5) is 0 Å². The maximum atomic E-state index is 11.1. The predicted octanol–water partition coefficient (Wildman–Crippen LogP) is 8.71. The minimum Gasteiger partial charge on any atom is -0.471 e. The van der Waals surface area contributed by atoms with Crippen molar-refractivity contribution in [2.75, 3.05) is 63.0 Å². The summed E-state index contributed by atoms with van der Waals surface area (Å²) in [6, 6.07) is 6.50. The van der Waals surface area contributed by atoms with E-state index in [1.54, 1.807) is 40.6 Å². The van der Waals surface area contributed by atoms with E-state index >= 15 is 0 Å². The lowest BCUT2D eigenvalue weighted by Crippen LogP contribution is -2.02. The Balaban J connectivity index is -0.0000000429. The van der Waals surface area contributed by atoms with Gasteiger partial charge >= 0.3 is 15.9 Å². The zero-order valence-corrected chi connectivity index (χ0v) is 30.1. The van der Waals surface area contributed by atoms with Crippen LogP contribution < -0.4 is 0 Å². The second-order valence-corrected chi connectivity index (χ2v) is 11.9. The lowest BCUT2D eigenvalue weighted by Gasteiger charge is -2.00. The molecule has 2 unspecified atom stereocenters. The van der Waals surface area contributed by atoms with Gasteiger partial charge in [0, 0.05) is 42.2 Å². The molecule has 1 rings (SSSR count). The van der Waals surface area contributed by atoms with Crippen LogP contribution >= 0.6 is 15.9 Å². The number of carbonyl (C=O) groups is 1. The van der Waals surface area contributed by atoms with Gasteiger partial charge in [0.05, 0.1) is 25.2 Å². The van der Waals surface area contributed by atoms with Crippen molar-refractivity contribution in [3.05, 3.63) is 42.5 Å². The lowest BCUT2D eigenvalue weighted by atomic mass is 10.2. The monoisotopic (exact) mass is 733 g/mol. The molecule has 2 atom stereocenters. The van der Waals surface area contributed by atoms with Gasteiger partial charge in [-0.1, -0.05) is 67.3 Å². The number of hydrogen-bond acceptors (Lipinski definition) is 12. The van der Waals surface area contributed by atoms with Gasteiger partial charge in [0.15, 0.2) is 6.66 Å². The highest BCUT2D eigenvalue weighted by atomic mass is 32.2. The van der Waals surface area contributed by atoms with Crippen molar-refractivity contribution >= 4 is 32.4 Å². The van der Waals surface area contributed by atoms with E-state index in [-0.39, 0.29) is 34.6 Å². The average Bonchev–Trinajstić information content (AvgIpc) is 2.94. The number of phosphoric acid groups is 1. The molecule has 46 heavy (non-hydrogen) atoms. The van der Waals surface area contributed by atoms with Gasteiger partial charge in [-0.05, 0) is 54.6 Å². The van der Waals surface area contributed by atoms with Crippen LogP contribution in [0.1, 0.15) is 75.8 Å². The van der Waals surface area contributed by atoms with Gasteiger partial charge in [0.2, 0.25) is 0 Å². The van der Waals surface area contributed by atoms with E-state index in [0.717, 1.165) is 45.9 Å². The SMILES string of the molecule is C.C.C.C.C=CCC.CCCOC.COC.COC(C)C.COC=O.COP(=O)(O)O[P+](C)=O.COS(=O)(=O)c1ccc(C)cc1. The van der Waals surface area contributed by atoms with Gasteiger partial charge in [0.1, 0.15) is 0 Å². The molecule has 1 aromatic rings.